The molecule has 2 rings (SSSR count). The molecule has 0 aliphatic carbocycles. The number of likely N-dealkylation sites (N-methyl/N-ethyl adjacent to an activating group) is 1. The highest BCUT2D eigenvalue weighted by molar-refractivity contribution is 6.18. The summed E-state index contributed by atoms with van der Waals surface area (Å²) in [5.74, 6) is 5.42. The van der Waals surface area contributed by atoms with Crippen molar-refractivity contribution in [1.29, 1.82) is 5.26 Å². The second-order valence-electron chi connectivity index (χ2n) is 5.54. The van der Waals surface area contributed by atoms with Gasteiger partial charge in [0.15, 0.2) is 5.69 Å². The van der Waals surface area contributed by atoms with Crippen molar-refractivity contribution in [3.05, 3.63) is 59.3 Å². The smallest absolute Gasteiger partial charge is 0.254 e. The van der Waals surface area contributed by atoms with Gasteiger partial charge in [-0.2, -0.15) is 5.26 Å². The molecule has 0 spiro atoms. The van der Waals surface area contributed by atoms with Crippen LogP contribution in [0.3, 0.4) is 0 Å². The number of hydrogen-bond donors (Lipinski definition) is 2. The lowest BCUT2D eigenvalue weighted by Crippen LogP contribution is -2.22. The number of rotatable bonds is 6. The number of carbonyl (C=O) groups excluding carboxylic acids is 2. The third kappa shape index (κ3) is 4.99. The predicted molar refractivity (Wildman–Crippen MR) is 102 cm³/mol. The van der Waals surface area contributed by atoms with Crippen LogP contribution in [0, 0.1) is 23.2 Å². The SMILES string of the molecule is CCC(C#Cc1cccnc1)c1cc(/C(=C/NC=O)C(=O)NC)nnc1C#N. The summed E-state index contributed by atoms with van der Waals surface area (Å²) in [6.45, 7) is 1.94. The molecule has 0 radical (unpaired) electrons. The number of amides is 2. The van der Waals surface area contributed by atoms with Gasteiger partial charge in [0.25, 0.3) is 5.91 Å². The van der Waals surface area contributed by atoms with E-state index in [0.717, 1.165) is 5.56 Å². The van der Waals surface area contributed by atoms with Crippen LogP contribution in [0.4, 0.5) is 0 Å². The van der Waals surface area contributed by atoms with Gasteiger partial charge in [-0.15, -0.1) is 10.2 Å². The first-order chi connectivity index (χ1) is 13.6. The fourth-order valence-electron chi connectivity index (χ4n) is 2.40. The Kier molecular flexibility index (Phi) is 7.38. The molecule has 2 amide bonds. The zero-order valence-corrected chi connectivity index (χ0v) is 15.4. The summed E-state index contributed by atoms with van der Waals surface area (Å²) < 4.78 is 0. The molecule has 2 heterocycles. The number of pyridine rings is 1. The molecule has 0 bridgehead atoms. The summed E-state index contributed by atoms with van der Waals surface area (Å²) in [6.07, 6.45) is 5.61. The van der Waals surface area contributed by atoms with Crippen LogP contribution in [0.15, 0.2) is 36.8 Å². The Morgan fingerprint density at radius 1 is 1.39 bits per heavy atom. The average molecular weight is 374 g/mol. The van der Waals surface area contributed by atoms with Crippen molar-refractivity contribution >= 4 is 17.9 Å². The molecule has 140 valence electrons. The van der Waals surface area contributed by atoms with Crippen LogP contribution in [0.5, 0.6) is 0 Å². The standard InChI is InChI=1S/C20H18N6O2/c1-3-15(7-6-14-5-4-8-23-11-14)16-9-18(25-26-19(16)10-21)17(12-24-13-27)20(28)22-2/h4-5,8-9,11-13,15H,3H2,1-2H3,(H,22,28)(H,24,27)/b17-12-. The minimum Gasteiger partial charge on any atom is -0.355 e. The molecule has 2 N–H and O–H groups in total. The summed E-state index contributed by atoms with van der Waals surface area (Å²) >= 11 is 0. The number of hydrogen-bond acceptors (Lipinski definition) is 6. The molecular weight excluding hydrogens is 356 g/mol. The normalized spacial score (nSPS) is 11.4. The van der Waals surface area contributed by atoms with E-state index in [-0.39, 0.29) is 22.9 Å². The minimum atomic E-state index is -0.450. The Balaban J connectivity index is 2.51. The van der Waals surface area contributed by atoms with Crippen molar-refractivity contribution in [3.63, 3.8) is 0 Å². The molecule has 8 heteroatoms. The van der Waals surface area contributed by atoms with Crippen LogP contribution >= 0.6 is 0 Å². The summed E-state index contributed by atoms with van der Waals surface area (Å²) in [4.78, 5) is 26.8. The molecule has 2 aromatic rings. The molecular formula is C20H18N6O2. The first kappa shape index (κ1) is 20.3. The van der Waals surface area contributed by atoms with E-state index < -0.39 is 5.91 Å². The Bertz CT molecular complexity index is 983. The first-order valence-corrected chi connectivity index (χ1v) is 8.46. The van der Waals surface area contributed by atoms with Gasteiger partial charge in [-0.25, -0.2) is 0 Å². The molecule has 0 saturated carbocycles. The van der Waals surface area contributed by atoms with Gasteiger partial charge >= 0.3 is 0 Å². The molecule has 2 aromatic heterocycles. The number of nitrogens with zero attached hydrogens (tertiary/aromatic N) is 4. The maximum absolute atomic E-state index is 12.1. The highest BCUT2D eigenvalue weighted by atomic mass is 16.1. The van der Waals surface area contributed by atoms with Crippen LogP contribution in [0.1, 0.15) is 41.8 Å². The third-order valence-corrected chi connectivity index (χ3v) is 3.81. The molecule has 0 saturated heterocycles. The van der Waals surface area contributed by atoms with E-state index in [9.17, 15) is 14.9 Å². The zero-order chi connectivity index (χ0) is 20.4. The maximum atomic E-state index is 12.1. The van der Waals surface area contributed by atoms with E-state index in [2.05, 4.69) is 37.7 Å². The minimum absolute atomic E-state index is 0.114. The Morgan fingerprint density at radius 2 is 2.21 bits per heavy atom. The number of nitrogens with one attached hydrogen (secondary N) is 2. The van der Waals surface area contributed by atoms with Crippen LogP contribution in [0.25, 0.3) is 5.57 Å². The van der Waals surface area contributed by atoms with Gasteiger partial charge in [-0.05, 0) is 24.6 Å². The number of nitriles is 1. The monoisotopic (exact) mass is 374 g/mol. The van der Waals surface area contributed by atoms with Gasteiger partial charge in [-0.1, -0.05) is 18.8 Å². The van der Waals surface area contributed by atoms with Crippen LogP contribution in [-0.4, -0.2) is 34.5 Å². The largest absolute Gasteiger partial charge is 0.355 e. The second kappa shape index (κ2) is 10.2. The predicted octanol–water partition coefficient (Wildman–Crippen LogP) is 1.12. The highest BCUT2D eigenvalue weighted by Gasteiger charge is 2.19. The molecule has 28 heavy (non-hydrogen) atoms. The summed E-state index contributed by atoms with van der Waals surface area (Å²) in [5, 5.41) is 22.1. The third-order valence-electron chi connectivity index (χ3n) is 3.81. The van der Waals surface area contributed by atoms with E-state index in [0.29, 0.717) is 18.4 Å². The van der Waals surface area contributed by atoms with Gasteiger partial charge in [0.1, 0.15) is 11.8 Å². The van der Waals surface area contributed by atoms with Crippen LogP contribution < -0.4 is 10.6 Å². The van der Waals surface area contributed by atoms with Crippen LogP contribution in [0.2, 0.25) is 0 Å². The molecule has 0 fully saturated rings. The highest BCUT2D eigenvalue weighted by Crippen LogP contribution is 2.24. The van der Waals surface area contributed by atoms with E-state index in [1.54, 1.807) is 24.5 Å². The van der Waals surface area contributed by atoms with Gasteiger partial charge < -0.3 is 10.6 Å². The van der Waals surface area contributed by atoms with Crippen molar-refractivity contribution in [2.75, 3.05) is 7.05 Å². The fraction of sp³-hybridized carbons (Fsp3) is 0.200. The Morgan fingerprint density at radius 3 is 2.82 bits per heavy atom. The van der Waals surface area contributed by atoms with Crippen molar-refractivity contribution in [2.24, 2.45) is 0 Å². The van der Waals surface area contributed by atoms with Crippen molar-refractivity contribution in [1.82, 2.24) is 25.8 Å². The fourth-order valence-corrected chi connectivity index (χ4v) is 2.40. The molecule has 8 nitrogen and oxygen atoms in total. The lowest BCUT2D eigenvalue weighted by atomic mass is 9.94. The van der Waals surface area contributed by atoms with E-state index in [4.69, 9.17) is 0 Å². The second-order valence-corrected chi connectivity index (χ2v) is 5.54. The van der Waals surface area contributed by atoms with Crippen molar-refractivity contribution in [3.8, 4) is 17.9 Å². The summed E-state index contributed by atoms with van der Waals surface area (Å²) in [5.41, 5.74) is 1.79. The maximum Gasteiger partial charge on any atom is 0.254 e. The molecule has 1 atom stereocenters. The molecule has 0 aromatic carbocycles. The topological polar surface area (TPSA) is 121 Å². The molecule has 0 aliphatic heterocycles. The summed E-state index contributed by atoms with van der Waals surface area (Å²) in [6, 6.07) is 7.25. The van der Waals surface area contributed by atoms with Crippen molar-refractivity contribution in [2.45, 2.75) is 19.3 Å². The average Bonchev–Trinajstić information content (AvgIpc) is 2.75. The lowest BCUT2D eigenvalue weighted by Gasteiger charge is -2.12. The van der Waals surface area contributed by atoms with Crippen LogP contribution in [-0.2, 0) is 9.59 Å². The zero-order valence-electron chi connectivity index (χ0n) is 15.4. The Hall–Kier alpha value is -4.04. The van der Waals surface area contributed by atoms with E-state index in [1.807, 2.05) is 19.1 Å². The lowest BCUT2D eigenvalue weighted by molar-refractivity contribution is -0.115. The molecule has 1 unspecified atom stereocenters. The quantitative estimate of drug-likeness (QED) is 0.444. The van der Waals surface area contributed by atoms with Gasteiger partial charge in [0.2, 0.25) is 6.41 Å². The van der Waals surface area contributed by atoms with Crippen molar-refractivity contribution < 1.29 is 9.59 Å². The van der Waals surface area contributed by atoms with Gasteiger partial charge in [0.05, 0.1) is 5.57 Å². The van der Waals surface area contributed by atoms with Gasteiger partial charge in [0, 0.05) is 42.7 Å². The number of aromatic nitrogens is 3. The molecule has 0 aliphatic rings. The number of carbonyl (C=O) groups is 2. The first-order valence-electron chi connectivity index (χ1n) is 8.46. The van der Waals surface area contributed by atoms with E-state index >= 15 is 0 Å². The van der Waals surface area contributed by atoms with E-state index in [1.165, 1.54) is 13.2 Å². The van der Waals surface area contributed by atoms with Gasteiger partial charge in [-0.3, -0.25) is 14.6 Å². The summed E-state index contributed by atoms with van der Waals surface area (Å²) in [7, 11) is 1.46. The Labute approximate surface area is 162 Å².